The van der Waals surface area contributed by atoms with Crippen molar-refractivity contribution in [3.8, 4) is 0 Å². The zero-order valence-corrected chi connectivity index (χ0v) is 11.8. The number of ether oxygens (including phenoxy) is 1. The highest BCUT2D eigenvalue weighted by Gasteiger charge is 2.33. The number of thioether (sulfide) groups is 2. The summed E-state index contributed by atoms with van der Waals surface area (Å²) in [5.41, 5.74) is 0.812. The highest BCUT2D eigenvalue weighted by Crippen LogP contribution is 2.39. The Kier molecular flexibility index (Phi) is 4.23. The van der Waals surface area contributed by atoms with Crippen LogP contribution in [-0.4, -0.2) is 34.6 Å². The van der Waals surface area contributed by atoms with Crippen LogP contribution in [0.5, 0.6) is 0 Å². The third-order valence-corrected chi connectivity index (χ3v) is 4.84. The molecule has 1 atom stereocenters. The van der Waals surface area contributed by atoms with E-state index < -0.39 is 0 Å². The van der Waals surface area contributed by atoms with Crippen molar-refractivity contribution in [2.45, 2.75) is 19.2 Å². The zero-order valence-electron chi connectivity index (χ0n) is 10.1. The molecule has 0 spiro atoms. The Morgan fingerprint density at radius 1 is 1.67 bits per heavy atom. The number of carbonyl (C=O) groups is 2. The second kappa shape index (κ2) is 5.71. The highest BCUT2D eigenvalue weighted by molar-refractivity contribution is 8.07. The van der Waals surface area contributed by atoms with Gasteiger partial charge in [0.05, 0.1) is 12.4 Å². The van der Waals surface area contributed by atoms with Crippen molar-refractivity contribution in [1.29, 1.82) is 0 Å². The second-order valence-corrected chi connectivity index (χ2v) is 5.71. The van der Waals surface area contributed by atoms with Crippen LogP contribution < -0.4 is 5.32 Å². The Balaban J connectivity index is 2.15. The molecule has 0 aromatic carbocycles. The van der Waals surface area contributed by atoms with E-state index in [9.17, 15) is 9.59 Å². The Labute approximate surface area is 114 Å². The van der Waals surface area contributed by atoms with E-state index in [1.54, 1.807) is 18.0 Å². The first kappa shape index (κ1) is 13.4. The average Bonchev–Trinajstić information content (AvgIpc) is 2.78. The Morgan fingerprint density at radius 2 is 2.44 bits per heavy atom. The van der Waals surface area contributed by atoms with E-state index in [2.05, 4.69) is 5.32 Å². The van der Waals surface area contributed by atoms with Gasteiger partial charge in [-0.25, -0.2) is 4.79 Å². The smallest absolute Gasteiger partial charge is 0.415 e. The van der Waals surface area contributed by atoms with Crippen LogP contribution in [0.2, 0.25) is 0 Å². The van der Waals surface area contributed by atoms with E-state index in [1.807, 2.05) is 12.3 Å². The summed E-state index contributed by atoms with van der Waals surface area (Å²) in [6.07, 6.45) is 1.35. The fourth-order valence-electron chi connectivity index (χ4n) is 1.68. The number of nitrogens with one attached hydrogen (secondary N) is 1. The van der Waals surface area contributed by atoms with Gasteiger partial charge in [-0.05, 0) is 19.3 Å². The lowest BCUT2D eigenvalue weighted by Gasteiger charge is -2.27. The van der Waals surface area contributed by atoms with Gasteiger partial charge >= 0.3 is 6.09 Å². The molecule has 0 aromatic heterocycles. The zero-order chi connectivity index (χ0) is 13.1. The largest absolute Gasteiger partial charge is 0.449 e. The Hall–Kier alpha value is -1.08. The van der Waals surface area contributed by atoms with Gasteiger partial charge < -0.3 is 10.1 Å². The standard InChI is InChI=1S/C11H14N2O3S2/c1-3-16-11(15)13-4-5-17-10(13)9-7(2)12-8(14)6-18-9/h4-5,10H,3,6H2,1-2H3,(H,12,14). The summed E-state index contributed by atoms with van der Waals surface area (Å²) in [7, 11) is 0. The molecular weight excluding hydrogens is 272 g/mol. The van der Waals surface area contributed by atoms with E-state index in [-0.39, 0.29) is 17.4 Å². The maximum Gasteiger partial charge on any atom is 0.415 e. The average molecular weight is 286 g/mol. The molecule has 98 valence electrons. The quantitative estimate of drug-likeness (QED) is 0.842. The van der Waals surface area contributed by atoms with Crippen LogP contribution >= 0.6 is 23.5 Å². The van der Waals surface area contributed by atoms with Gasteiger partial charge in [0, 0.05) is 16.8 Å². The third kappa shape index (κ3) is 2.67. The molecule has 1 N–H and O–H groups in total. The van der Waals surface area contributed by atoms with Gasteiger partial charge in [-0.3, -0.25) is 9.69 Å². The number of rotatable bonds is 2. The number of hydrogen-bond donors (Lipinski definition) is 1. The first-order chi connectivity index (χ1) is 8.63. The molecule has 2 aliphatic rings. The van der Waals surface area contributed by atoms with Gasteiger partial charge in [0.15, 0.2) is 0 Å². The molecule has 0 bridgehead atoms. The van der Waals surface area contributed by atoms with Crippen molar-refractivity contribution < 1.29 is 14.3 Å². The molecule has 0 aliphatic carbocycles. The summed E-state index contributed by atoms with van der Waals surface area (Å²) in [6, 6.07) is 0. The fourth-order valence-corrected chi connectivity index (χ4v) is 3.87. The number of nitrogens with zero attached hydrogens (tertiary/aromatic N) is 1. The van der Waals surface area contributed by atoms with Crippen molar-refractivity contribution in [1.82, 2.24) is 10.2 Å². The topological polar surface area (TPSA) is 58.6 Å². The number of allylic oxidation sites excluding steroid dienone is 1. The summed E-state index contributed by atoms with van der Waals surface area (Å²) < 4.78 is 5.01. The van der Waals surface area contributed by atoms with Crippen LogP contribution in [0.25, 0.3) is 0 Å². The van der Waals surface area contributed by atoms with Crippen molar-refractivity contribution >= 4 is 35.5 Å². The molecule has 0 radical (unpaired) electrons. The SMILES string of the molecule is CCOC(=O)N1C=CSC1C1=C(C)NC(=O)CS1. The van der Waals surface area contributed by atoms with Gasteiger partial charge in [-0.15, -0.1) is 23.5 Å². The molecule has 18 heavy (non-hydrogen) atoms. The van der Waals surface area contributed by atoms with Crippen molar-refractivity contribution in [3.63, 3.8) is 0 Å². The van der Waals surface area contributed by atoms with Crippen molar-refractivity contribution in [2.75, 3.05) is 12.4 Å². The van der Waals surface area contributed by atoms with Gasteiger partial charge in [-0.2, -0.15) is 0 Å². The van der Waals surface area contributed by atoms with Crippen molar-refractivity contribution in [2.24, 2.45) is 0 Å². The first-order valence-corrected chi connectivity index (χ1v) is 7.47. The monoisotopic (exact) mass is 286 g/mol. The van der Waals surface area contributed by atoms with Gasteiger partial charge in [-0.1, -0.05) is 0 Å². The number of amides is 2. The Morgan fingerprint density at radius 3 is 3.11 bits per heavy atom. The third-order valence-electron chi connectivity index (χ3n) is 2.44. The van der Waals surface area contributed by atoms with E-state index in [0.717, 1.165) is 10.6 Å². The summed E-state index contributed by atoms with van der Waals surface area (Å²) in [5.74, 6) is 0.389. The molecule has 0 fully saturated rings. The first-order valence-electron chi connectivity index (χ1n) is 5.54. The summed E-state index contributed by atoms with van der Waals surface area (Å²) in [5, 5.41) is 4.53. The van der Waals surface area contributed by atoms with Crippen molar-refractivity contribution in [3.05, 3.63) is 22.2 Å². The predicted octanol–water partition coefficient (Wildman–Crippen LogP) is 2.08. The van der Waals surface area contributed by atoms with Crippen LogP contribution in [-0.2, 0) is 9.53 Å². The predicted molar refractivity (Wildman–Crippen MR) is 72.7 cm³/mol. The highest BCUT2D eigenvalue weighted by atomic mass is 32.2. The minimum atomic E-state index is -0.360. The molecule has 2 amide bonds. The van der Waals surface area contributed by atoms with Crippen LogP contribution in [0, 0.1) is 0 Å². The lowest BCUT2D eigenvalue weighted by Crippen LogP contribution is -2.37. The minimum absolute atomic E-state index is 0.000101. The lowest BCUT2D eigenvalue weighted by atomic mass is 10.3. The molecule has 0 saturated heterocycles. The van der Waals surface area contributed by atoms with Crippen LogP contribution in [0.3, 0.4) is 0 Å². The Bertz CT molecular complexity index is 434. The summed E-state index contributed by atoms with van der Waals surface area (Å²) >= 11 is 3.00. The second-order valence-electron chi connectivity index (χ2n) is 3.71. The summed E-state index contributed by atoms with van der Waals surface area (Å²) in [4.78, 5) is 25.6. The maximum atomic E-state index is 11.8. The molecule has 2 rings (SSSR count). The normalized spacial score (nSPS) is 23.3. The molecule has 1 unspecified atom stereocenters. The number of carbonyl (C=O) groups excluding carboxylic acids is 2. The van der Waals surface area contributed by atoms with E-state index in [1.165, 1.54) is 23.5 Å². The molecular formula is C11H14N2O3S2. The molecule has 5 nitrogen and oxygen atoms in total. The van der Waals surface area contributed by atoms with Gasteiger partial charge in [0.2, 0.25) is 5.91 Å². The van der Waals surface area contributed by atoms with E-state index in [0.29, 0.717) is 12.4 Å². The van der Waals surface area contributed by atoms with E-state index in [4.69, 9.17) is 4.74 Å². The summed E-state index contributed by atoms with van der Waals surface area (Å²) in [6.45, 7) is 3.98. The molecule has 2 aliphatic heterocycles. The van der Waals surface area contributed by atoms with Crippen LogP contribution in [0.15, 0.2) is 22.2 Å². The molecule has 0 saturated carbocycles. The van der Waals surface area contributed by atoms with Crippen LogP contribution in [0.1, 0.15) is 13.8 Å². The number of hydrogen-bond acceptors (Lipinski definition) is 5. The van der Waals surface area contributed by atoms with Gasteiger partial charge in [0.1, 0.15) is 5.37 Å². The van der Waals surface area contributed by atoms with Gasteiger partial charge in [0.25, 0.3) is 0 Å². The maximum absolute atomic E-state index is 11.8. The minimum Gasteiger partial charge on any atom is -0.449 e. The molecule has 7 heteroatoms. The fraction of sp³-hybridized carbons (Fsp3) is 0.455. The van der Waals surface area contributed by atoms with E-state index >= 15 is 0 Å². The van der Waals surface area contributed by atoms with Crippen LogP contribution in [0.4, 0.5) is 4.79 Å². The molecule has 0 aromatic rings. The lowest BCUT2D eigenvalue weighted by molar-refractivity contribution is -0.117. The molecule has 2 heterocycles.